The van der Waals surface area contributed by atoms with Crippen LogP contribution in [-0.4, -0.2) is 4.98 Å². The van der Waals surface area contributed by atoms with Crippen molar-refractivity contribution < 1.29 is 0 Å². The molecule has 0 saturated heterocycles. The number of fused-ring (bicyclic) bond motifs is 3. The van der Waals surface area contributed by atoms with E-state index >= 15 is 0 Å². The highest BCUT2D eigenvalue weighted by Crippen LogP contribution is 2.22. The van der Waals surface area contributed by atoms with Crippen molar-refractivity contribution in [2.45, 2.75) is 0 Å². The van der Waals surface area contributed by atoms with Crippen LogP contribution in [0.1, 0.15) is 0 Å². The van der Waals surface area contributed by atoms with E-state index in [-0.39, 0.29) is 0 Å². The Morgan fingerprint density at radius 1 is 0.850 bits per heavy atom. The lowest BCUT2D eigenvalue weighted by atomic mass is 10.1. The number of benzene rings is 2. The van der Waals surface area contributed by atoms with Crippen LogP contribution < -0.4 is 0 Å². The van der Waals surface area contributed by atoms with Crippen molar-refractivity contribution in [3.8, 4) is 0 Å². The Morgan fingerprint density at radius 3 is 2.00 bits per heavy atom. The van der Waals surface area contributed by atoms with E-state index in [9.17, 15) is 0 Å². The maximum atomic E-state index is 6.86. The number of aromatic nitrogens is 1. The molecular weight excluding hydrogens is 254 g/mol. The van der Waals surface area contributed by atoms with Crippen molar-refractivity contribution in [1.29, 1.82) is 5.53 Å². The molecule has 2 aromatic carbocycles. The molecule has 98 valence electrons. The van der Waals surface area contributed by atoms with Gasteiger partial charge in [-0.2, -0.15) is 0 Å². The summed E-state index contributed by atoms with van der Waals surface area (Å²) in [6, 6.07) is 16.6. The predicted molar refractivity (Wildman–Crippen MR) is 78.8 cm³/mol. The Bertz CT molecular complexity index is 703. The van der Waals surface area contributed by atoms with Crippen LogP contribution in [0, 0.1) is 5.53 Å². The molecule has 0 saturated carbocycles. The third-order valence-corrected chi connectivity index (χ3v) is 2.50. The lowest BCUT2D eigenvalue weighted by molar-refractivity contribution is 1.44. The summed E-state index contributed by atoms with van der Waals surface area (Å²) in [6.07, 6.45) is 1.93. The molecule has 20 heavy (non-hydrogen) atoms. The summed E-state index contributed by atoms with van der Waals surface area (Å²) < 4.78 is 0. The van der Waals surface area contributed by atoms with Crippen LogP contribution in [0.5, 0.6) is 0 Å². The van der Waals surface area contributed by atoms with Crippen molar-refractivity contribution in [2.24, 2.45) is 0 Å². The van der Waals surface area contributed by atoms with Crippen molar-refractivity contribution in [3.05, 3.63) is 81.1 Å². The Balaban J connectivity index is 0.000000290. The van der Waals surface area contributed by atoms with Crippen LogP contribution in [0.4, 0.5) is 0 Å². The zero-order valence-electron chi connectivity index (χ0n) is 10.4. The van der Waals surface area contributed by atoms with Gasteiger partial charge in [-0.3, -0.25) is 9.90 Å². The molecule has 0 aliphatic heterocycles. The van der Waals surface area contributed by atoms with Crippen molar-refractivity contribution in [2.75, 3.05) is 0 Å². The number of rotatable bonds is 0. The first-order valence-corrected chi connectivity index (χ1v) is 5.50. The molecule has 3 rings (SSSR count). The van der Waals surface area contributed by atoms with Crippen LogP contribution in [0.15, 0.2) is 54.7 Å². The third kappa shape index (κ3) is 3.61. The van der Waals surface area contributed by atoms with Gasteiger partial charge < -0.3 is 11.1 Å². The summed E-state index contributed by atoms with van der Waals surface area (Å²) in [5.41, 5.74) is 26.8. The predicted octanol–water partition coefficient (Wildman–Crippen LogP) is 5.13. The van der Waals surface area contributed by atoms with E-state index in [1.54, 1.807) is 4.91 Å². The smallest absolute Gasteiger partial charge is 0.0708 e. The zero-order chi connectivity index (χ0) is 14.8. The molecule has 0 bridgehead atoms. The number of para-hydroxylation sites is 1. The van der Waals surface area contributed by atoms with E-state index in [2.05, 4.69) is 35.3 Å². The average molecular weight is 264 g/mol. The maximum absolute atomic E-state index is 6.86. The molecule has 1 N–H and O–H groups in total. The first-order valence-electron chi connectivity index (χ1n) is 5.50. The summed E-state index contributed by atoms with van der Waals surface area (Å²) >= 11 is 0. The van der Waals surface area contributed by atoms with Gasteiger partial charge in [0.1, 0.15) is 0 Å². The number of hydrogen-bond donors (Lipinski definition) is 1. The second-order valence-corrected chi connectivity index (χ2v) is 3.55. The van der Waals surface area contributed by atoms with Crippen molar-refractivity contribution in [1.82, 2.24) is 4.98 Å². The summed E-state index contributed by atoms with van der Waals surface area (Å²) in [5.74, 6) is 0. The Kier molecular flexibility index (Phi) is 5.87. The van der Waals surface area contributed by atoms with Gasteiger partial charge in [0, 0.05) is 17.0 Å². The molecule has 0 radical (unpaired) electrons. The van der Waals surface area contributed by atoms with Gasteiger partial charge in [0.25, 0.3) is 0 Å². The second-order valence-electron chi connectivity index (χ2n) is 3.55. The van der Waals surface area contributed by atoms with Gasteiger partial charge in [0.05, 0.1) is 5.52 Å². The minimum atomic E-state index is 1.06. The molecule has 3 aromatic rings. The van der Waals surface area contributed by atoms with Crippen LogP contribution >= 0.6 is 0 Å². The number of nitrogens with zero attached hydrogens (tertiary/aromatic N) is 6. The van der Waals surface area contributed by atoms with Crippen LogP contribution in [0.25, 0.3) is 48.1 Å². The second kappa shape index (κ2) is 7.94. The van der Waals surface area contributed by atoms with Gasteiger partial charge in [-0.05, 0) is 21.9 Å². The fourth-order valence-electron chi connectivity index (χ4n) is 1.81. The van der Waals surface area contributed by atoms with E-state index < -0.39 is 0 Å². The molecule has 0 aliphatic rings. The van der Waals surface area contributed by atoms with E-state index in [4.69, 9.17) is 22.1 Å². The summed E-state index contributed by atoms with van der Waals surface area (Å²) in [5, 5.41) is 3.70. The van der Waals surface area contributed by atoms with Crippen LogP contribution in [0.3, 0.4) is 0 Å². The van der Waals surface area contributed by atoms with Gasteiger partial charge in [-0.25, -0.2) is 0 Å². The summed E-state index contributed by atoms with van der Waals surface area (Å²) in [4.78, 5) is 7.66. The summed E-state index contributed by atoms with van der Waals surface area (Å²) in [7, 11) is 0. The molecule has 7 nitrogen and oxygen atoms in total. The molecular formula is C13H10N7-. The van der Waals surface area contributed by atoms with Crippen molar-refractivity contribution in [3.63, 3.8) is 0 Å². The van der Waals surface area contributed by atoms with Gasteiger partial charge in [-0.15, -0.1) is 5.53 Å². The third-order valence-electron chi connectivity index (χ3n) is 2.50. The van der Waals surface area contributed by atoms with Gasteiger partial charge >= 0.3 is 0 Å². The largest absolute Gasteiger partial charge is 0.373 e. The molecule has 7 heteroatoms. The Morgan fingerprint density at radius 2 is 1.35 bits per heavy atom. The van der Waals surface area contributed by atoms with Gasteiger partial charge in [0.15, 0.2) is 0 Å². The first kappa shape index (κ1) is 14.8. The Hall–Kier alpha value is -3.27. The van der Waals surface area contributed by atoms with E-state index in [0.717, 1.165) is 5.52 Å². The maximum Gasteiger partial charge on any atom is 0.0708 e. The van der Waals surface area contributed by atoms with Crippen molar-refractivity contribution >= 4 is 21.7 Å². The number of hydrogen-bond acceptors (Lipinski definition) is 2. The molecule has 0 atom stereocenters. The van der Waals surface area contributed by atoms with E-state index in [1.807, 2.05) is 24.4 Å². The van der Waals surface area contributed by atoms with E-state index in [0.29, 0.717) is 0 Å². The molecule has 0 amide bonds. The molecule has 1 heterocycles. The minimum absolute atomic E-state index is 1.06. The Labute approximate surface area is 114 Å². The van der Waals surface area contributed by atoms with Gasteiger partial charge in [0.2, 0.25) is 0 Å². The highest BCUT2D eigenvalue weighted by Gasteiger charge is 1.98. The normalized spacial score (nSPS) is 8.40. The fraction of sp³-hybridized carbons (Fsp3) is 0. The SMILES string of the molecule is [N-]=[N+]=N.[N-]=[N+]=[N-].c1ccc2c(c1)cnc1ccccc12. The standard InChI is InChI=1S/C13H9N.HN3.N3/c1-2-6-11-10(5-1)9-14-13-8-4-3-7-12(11)13;2*1-3-2/h1-9H;1H;/q;;-1. The molecule has 0 spiro atoms. The van der Waals surface area contributed by atoms with Gasteiger partial charge in [-0.1, -0.05) is 42.5 Å². The van der Waals surface area contributed by atoms with Crippen LogP contribution in [0.2, 0.25) is 0 Å². The average Bonchev–Trinajstić information content (AvgIpc) is 2.49. The first-order chi connectivity index (χ1) is 9.78. The molecule has 1 aromatic heterocycles. The van der Waals surface area contributed by atoms with E-state index in [1.165, 1.54) is 21.1 Å². The summed E-state index contributed by atoms with van der Waals surface area (Å²) in [6.45, 7) is 0. The molecule has 0 unspecified atom stereocenters. The molecule has 0 fully saturated rings. The number of pyridine rings is 1. The number of nitrogens with one attached hydrogen (secondary N) is 1. The highest BCUT2D eigenvalue weighted by atomic mass is 15.0. The fourth-order valence-corrected chi connectivity index (χ4v) is 1.81. The topological polar surface area (TPSA) is 132 Å². The minimum Gasteiger partial charge on any atom is -0.373 e. The monoisotopic (exact) mass is 264 g/mol. The zero-order valence-corrected chi connectivity index (χ0v) is 10.4. The lowest BCUT2D eigenvalue weighted by Gasteiger charge is -2.01. The van der Waals surface area contributed by atoms with Crippen LogP contribution in [-0.2, 0) is 0 Å². The lowest BCUT2D eigenvalue weighted by Crippen LogP contribution is -1.80. The highest BCUT2D eigenvalue weighted by molar-refractivity contribution is 6.05. The molecule has 0 aliphatic carbocycles. The quantitative estimate of drug-likeness (QED) is 0.256.